The van der Waals surface area contributed by atoms with Gasteiger partial charge in [0.05, 0.1) is 24.3 Å². The number of anilines is 1. The molecule has 0 spiro atoms. The van der Waals surface area contributed by atoms with E-state index in [9.17, 15) is 4.79 Å². The topological polar surface area (TPSA) is 84.2 Å². The molecule has 1 fully saturated rings. The van der Waals surface area contributed by atoms with Crippen LogP contribution in [-0.2, 0) is 14.3 Å². The molecule has 1 aliphatic rings. The summed E-state index contributed by atoms with van der Waals surface area (Å²) in [5.74, 6) is 0.0808. The van der Waals surface area contributed by atoms with E-state index in [-0.39, 0.29) is 18.6 Å². The molecule has 6 heteroatoms. The fraction of sp³-hybridized carbons (Fsp3) is 0.500. The van der Waals surface area contributed by atoms with Gasteiger partial charge in [0, 0.05) is 12.3 Å². The molecule has 1 amide bonds. The predicted octanol–water partition coefficient (Wildman–Crippen LogP) is 1.40. The second-order valence-electron chi connectivity index (χ2n) is 4.69. The van der Waals surface area contributed by atoms with Gasteiger partial charge in [-0.25, -0.2) is 4.98 Å². The lowest BCUT2D eigenvalue weighted by atomic mass is 10.2. The van der Waals surface area contributed by atoms with Crippen LogP contribution in [0.25, 0.3) is 0 Å². The maximum absolute atomic E-state index is 11.7. The fourth-order valence-electron chi connectivity index (χ4n) is 2.03. The Labute approximate surface area is 117 Å². The highest BCUT2D eigenvalue weighted by atomic mass is 16.5. The molecule has 2 heterocycles. The molecule has 1 aromatic rings. The number of ether oxygens (including phenoxy) is 2. The first-order valence-corrected chi connectivity index (χ1v) is 6.55. The summed E-state index contributed by atoms with van der Waals surface area (Å²) in [5, 5.41) is 11.5. The molecule has 106 valence electrons. The normalized spacial score (nSPS) is 17.7. The number of aromatic nitrogens is 1. The van der Waals surface area contributed by atoms with Crippen molar-refractivity contribution in [2.24, 2.45) is 0 Å². The first-order chi connectivity index (χ1) is 9.67. The summed E-state index contributed by atoms with van der Waals surface area (Å²) >= 11 is 0. The molecule has 1 N–H and O–H groups in total. The van der Waals surface area contributed by atoms with Crippen LogP contribution in [0.2, 0.25) is 0 Å². The minimum atomic E-state index is -0.287. The Morgan fingerprint density at radius 2 is 2.50 bits per heavy atom. The highest BCUT2D eigenvalue weighted by Crippen LogP contribution is 2.12. The van der Waals surface area contributed by atoms with Crippen LogP contribution in [0.5, 0.6) is 0 Å². The van der Waals surface area contributed by atoms with Gasteiger partial charge in [-0.1, -0.05) is 0 Å². The third-order valence-electron chi connectivity index (χ3n) is 2.91. The van der Waals surface area contributed by atoms with Gasteiger partial charge < -0.3 is 14.8 Å². The third kappa shape index (κ3) is 4.30. The molecule has 0 radical (unpaired) electrons. The Morgan fingerprint density at radius 3 is 3.20 bits per heavy atom. The second-order valence-corrected chi connectivity index (χ2v) is 4.69. The summed E-state index contributed by atoms with van der Waals surface area (Å²) in [7, 11) is 0. The molecular weight excluding hydrogens is 258 g/mol. The Bertz CT molecular complexity index is 519. The van der Waals surface area contributed by atoms with Crippen LogP contribution in [0.4, 0.5) is 5.82 Å². The van der Waals surface area contributed by atoms with Crippen molar-refractivity contribution in [2.75, 3.05) is 25.1 Å². The summed E-state index contributed by atoms with van der Waals surface area (Å²) in [5.41, 5.74) is 1.15. The smallest absolute Gasteiger partial charge is 0.251 e. The quantitative estimate of drug-likeness (QED) is 0.878. The van der Waals surface area contributed by atoms with E-state index >= 15 is 0 Å². The SMILES string of the molecule is Cc1cc(C#N)cc(NC(=O)COCC2CCCO2)n1. The zero-order valence-electron chi connectivity index (χ0n) is 11.4. The number of nitriles is 1. The van der Waals surface area contributed by atoms with Crippen molar-refractivity contribution in [1.29, 1.82) is 5.26 Å². The van der Waals surface area contributed by atoms with E-state index in [1.807, 2.05) is 6.07 Å². The molecule has 0 aliphatic carbocycles. The zero-order valence-corrected chi connectivity index (χ0v) is 11.4. The van der Waals surface area contributed by atoms with Crippen LogP contribution >= 0.6 is 0 Å². The Hall–Kier alpha value is -1.97. The largest absolute Gasteiger partial charge is 0.376 e. The average molecular weight is 275 g/mol. The van der Waals surface area contributed by atoms with Gasteiger partial charge in [0.15, 0.2) is 0 Å². The van der Waals surface area contributed by atoms with Crippen molar-refractivity contribution in [3.8, 4) is 6.07 Å². The number of nitrogens with zero attached hydrogens (tertiary/aromatic N) is 2. The van der Waals surface area contributed by atoms with E-state index in [0.717, 1.165) is 19.4 Å². The summed E-state index contributed by atoms with van der Waals surface area (Å²) in [6.07, 6.45) is 2.13. The molecule has 1 saturated heterocycles. The molecule has 0 bridgehead atoms. The van der Waals surface area contributed by atoms with Crippen molar-refractivity contribution < 1.29 is 14.3 Å². The number of hydrogen-bond donors (Lipinski definition) is 1. The number of carbonyl (C=O) groups excluding carboxylic acids is 1. The average Bonchev–Trinajstić information content (AvgIpc) is 2.91. The third-order valence-corrected chi connectivity index (χ3v) is 2.91. The van der Waals surface area contributed by atoms with Crippen LogP contribution in [0.1, 0.15) is 24.1 Å². The summed E-state index contributed by atoms with van der Waals surface area (Å²) in [6.45, 7) is 2.92. The Morgan fingerprint density at radius 1 is 1.65 bits per heavy atom. The lowest BCUT2D eigenvalue weighted by Crippen LogP contribution is -2.23. The summed E-state index contributed by atoms with van der Waals surface area (Å²) in [6, 6.07) is 5.21. The number of carbonyl (C=O) groups is 1. The van der Waals surface area contributed by atoms with Gasteiger partial charge >= 0.3 is 0 Å². The number of nitrogens with one attached hydrogen (secondary N) is 1. The molecule has 1 unspecified atom stereocenters. The fourth-order valence-corrected chi connectivity index (χ4v) is 2.03. The molecule has 20 heavy (non-hydrogen) atoms. The zero-order chi connectivity index (χ0) is 14.4. The minimum absolute atomic E-state index is 0.0443. The van der Waals surface area contributed by atoms with Crippen LogP contribution in [0.3, 0.4) is 0 Å². The molecule has 0 saturated carbocycles. The molecule has 1 atom stereocenters. The molecule has 6 nitrogen and oxygen atoms in total. The van der Waals surface area contributed by atoms with E-state index in [0.29, 0.717) is 23.7 Å². The number of aryl methyl sites for hydroxylation is 1. The van der Waals surface area contributed by atoms with Gasteiger partial charge in [0.2, 0.25) is 0 Å². The summed E-state index contributed by atoms with van der Waals surface area (Å²) < 4.78 is 10.7. The lowest BCUT2D eigenvalue weighted by Gasteiger charge is -2.10. The second kappa shape index (κ2) is 6.98. The van der Waals surface area contributed by atoms with Crippen molar-refractivity contribution in [3.63, 3.8) is 0 Å². The molecule has 1 aliphatic heterocycles. The monoisotopic (exact) mass is 275 g/mol. The number of pyridine rings is 1. The van der Waals surface area contributed by atoms with Gasteiger partial charge in [0.25, 0.3) is 5.91 Å². The van der Waals surface area contributed by atoms with Crippen LogP contribution in [-0.4, -0.2) is 36.8 Å². The number of rotatable bonds is 5. The highest BCUT2D eigenvalue weighted by Gasteiger charge is 2.16. The van der Waals surface area contributed by atoms with Crippen molar-refractivity contribution in [3.05, 3.63) is 23.4 Å². The van der Waals surface area contributed by atoms with Gasteiger partial charge in [-0.3, -0.25) is 4.79 Å². The van der Waals surface area contributed by atoms with E-state index < -0.39 is 0 Å². The first-order valence-electron chi connectivity index (χ1n) is 6.55. The van der Waals surface area contributed by atoms with Crippen LogP contribution < -0.4 is 5.32 Å². The first kappa shape index (κ1) is 14.4. The molecule has 1 aromatic heterocycles. The Balaban J connectivity index is 1.79. The highest BCUT2D eigenvalue weighted by molar-refractivity contribution is 5.90. The predicted molar refractivity (Wildman–Crippen MR) is 72.1 cm³/mol. The van der Waals surface area contributed by atoms with E-state index in [4.69, 9.17) is 14.7 Å². The van der Waals surface area contributed by atoms with Gasteiger partial charge in [0.1, 0.15) is 12.4 Å². The van der Waals surface area contributed by atoms with Gasteiger partial charge in [-0.2, -0.15) is 5.26 Å². The van der Waals surface area contributed by atoms with Crippen molar-refractivity contribution in [1.82, 2.24) is 4.98 Å². The minimum Gasteiger partial charge on any atom is -0.376 e. The molecular formula is C14H17N3O3. The van der Waals surface area contributed by atoms with Gasteiger partial charge in [-0.05, 0) is 31.9 Å². The molecule has 2 rings (SSSR count). The summed E-state index contributed by atoms with van der Waals surface area (Å²) in [4.78, 5) is 15.8. The maximum Gasteiger partial charge on any atom is 0.251 e. The van der Waals surface area contributed by atoms with Crippen molar-refractivity contribution >= 4 is 11.7 Å². The van der Waals surface area contributed by atoms with Gasteiger partial charge in [-0.15, -0.1) is 0 Å². The van der Waals surface area contributed by atoms with E-state index in [2.05, 4.69) is 10.3 Å². The number of amides is 1. The number of hydrogen-bond acceptors (Lipinski definition) is 5. The van der Waals surface area contributed by atoms with Crippen LogP contribution in [0.15, 0.2) is 12.1 Å². The lowest BCUT2D eigenvalue weighted by molar-refractivity contribution is -0.121. The standard InChI is InChI=1S/C14H17N3O3/c1-10-5-11(7-15)6-13(16-10)17-14(18)9-19-8-12-3-2-4-20-12/h5-6,12H,2-4,8-9H2,1H3,(H,16,17,18). The van der Waals surface area contributed by atoms with Crippen molar-refractivity contribution in [2.45, 2.75) is 25.9 Å². The maximum atomic E-state index is 11.7. The van der Waals surface area contributed by atoms with E-state index in [1.165, 1.54) is 6.07 Å². The van der Waals surface area contributed by atoms with Crippen LogP contribution in [0, 0.1) is 18.3 Å². The molecule has 0 aromatic carbocycles. The Kier molecular flexibility index (Phi) is 5.04. The van der Waals surface area contributed by atoms with E-state index in [1.54, 1.807) is 13.0 Å².